The van der Waals surface area contributed by atoms with Crippen LogP contribution in [0, 0.1) is 0 Å². The van der Waals surface area contributed by atoms with Gasteiger partial charge in [0.05, 0.1) is 19.1 Å². The molecule has 7 nitrogen and oxygen atoms in total. The molecule has 2 rings (SSSR count). The van der Waals surface area contributed by atoms with Gasteiger partial charge in [-0.2, -0.15) is 4.98 Å². The first kappa shape index (κ1) is 15.3. The molecule has 1 aromatic carbocycles. The van der Waals surface area contributed by atoms with Crippen LogP contribution in [0.25, 0.3) is 0 Å². The van der Waals surface area contributed by atoms with E-state index in [0.29, 0.717) is 5.75 Å². The van der Waals surface area contributed by atoms with Gasteiger partial charge in [-0.1, -0.05) is 11.6 Å². The van der Waals surface area contributed by atoms with Gasteiger partial charge >= 0.3 is 0 Å². The molecule has 0 unspecified atom stereocenters. The second-order valence-electron chi connectivity index (χ2n) is 3.84. The van der Waals surface area contributed by atoms with Crippen molar-refractivity contribution in [3.05, 3.63) is 35.5 Å². The van der Waals surface area contributed by atoms with E-state index in [1.54, 1.807) is 0 Å². The molecule has 2 aromatic rings. The third-order valence-corrected chi connectivity index (χ3v) is 4.01. The molecular weight excluding hydrogens is 318 g/mol. The number of halogens is 1. The van der Waals surface area contributed by atoms with Crippen LogP contribution in [-0.2, 0) is 10.0 Å². The minimum absolute atomic E-state index is 0.0471. The van der Waals surface area contributed by atoms with Gasteiger partial charge in [0, 0.05) is 6.07 Å². The maximum Gasteiger partial charge on any atom is 0.264 e. The number of sulfonamides is 1. The number of rotatable bonds is 5. The molecule has 0 aliphatic carbocycles. The fourth-order valence-electron chi connectivity index (χ4n) is 1.48. The van der Waals surface area contributed by atoms with E-state index < -0.39 is 10.0 Å². The summed E-state index contributed by atoms with van der Waals surface area (Å²) >= 11 is 5.76. The van der Waals surface area contributed by atoms with Crippen LogP contribution in [0.2, 0.25) is 5.15 Å². The third kappa shape index (κ3) is 3.73. The summed E-state index contributed by atoms with van der Waals surface area (Å²) in [6.45, 7) is 0. The summed E-state index contributed by atoms with van der Waals surface area (Å²) in [5.41, 5.74) is 0. The van der Waals surface area contributed by atoms with E-state index >= 15 is 0 Å². The lowest BCUT2D eigenvalue weighted by Gasteiger charge is -2.08. The lowest BCUT2D eigenvalue weighted by atomic mass is 10.3. The Labute approximate surface area is 126 Å². The molecule has 0 saturated carbocycles. The quantitative estimate of drug-likeness (QED) is 0.843. The van der Waals surface area contributed by atoms with Gasteiger partial charge in [0.25, 0.3) is 10.0 Å². The van der Waals surface area contributed by atoms with Gasteiger partial charge in [0.2, 0.25) is 11.8 Å². The number of benzene rings is 1. The number of nitrogens with zero attached hydrogens (tertiary/aromatic N) is 2. The average Bonchev–Trinajstić information content (AvgIpc) is 2.46. The summed E-state index contributed by atoms with van der Waals surface area (Å²) < 4.78 is 36.5. The molecule has 0 spiro atoms. The normalized spacial score (nSPS) is 11.0. The number of ether oxygens (including phenoxy) is 2. The zero-order valence-corrected chi connectivity index (χ0v) is 12.8. The third-order valence-electron chi connectivity index (χ3n) is 2.48. The van der Waals surface area contributed by atoms with E-state index in [0.717, 1.165) is 0 Å². The first-order chi connectivity index (χ1) is 9.94. The number of hydrogen-bond donors (Lipinski definition) is 1. The lowest BCUT2D eigenvalue weighted by molar-refractivity contribution is 0.397. The Morgan fingerprint density at radius 2 is 1.76 bits per heavy atom. The highest BCUT2D eigenvalue weighted by atomic mass is 35.5. The van der Waals surface area contributed by atoms with Crippen molar-refractivity contribution in [3.63, 3.8) is 0 Å². The Morgan fingerprint density at radius 3 is 2.33 bits per heavy atom. The zero-order chi connectivity index (χ0) is 15.5. The summed E-state index contributed by atoms with van der Waals surface area (Å²) in [5, 5.41) is 0.0641. The van der Waals surface area contributed by atoms with Crippen LogP contribution in [0.4, 0.5) is 5.95 Å². The molecule has 0 saturated heterocycles. The molecular formula is C12H12ClN3O4S. The average molecular weight is 330 g/mol. The van der Waals surface area contributed by atoms with Crippen LogP contribution in [0.5, 0.6) is 11.6 Å². The molecule has 0 fully saturated rings. The van der Waals surface area contributed by atoms with Crippen molar-refractivity contribution in [1.29, 1.82) is 0 Å². The van der Waals surface area contributed by atoms with E-state index in [1.807, 2.05) is 0 Å². The van der Waals surface area contributed by atoms with Crippen molar-refractivity contribution < 1.29 is 17.9 Å². The predicted molar refractivity (Wildman–Crippen MR) is 77.4 cm³/mol. The van der Waals surface area contributed by atoms with Crippen molar-refractivity contribution in [2.24, 2.45) is 0 Å². The van der Waals surface area contributed by atoms with Gasteiger partial charge in [-0.25, -0.2) is 18.1 Å². The van der Waals surface area contributed by atoms with Crippen molar-refractivity contribution in [2.75, 3.05) is 18.9 Å². The SMILES string of the molecule is COc1ccc(S(=O)(=O)Nc2nc(Cl)cc(OC)n2)cc1. The van der Waals surface area contributed by atoms with Crippen molar-refractivity contribution in [3.8, 4) is 11.6 Å². The van der Waals surface area contributed by atoms with E-state index in [1.165, 1.54) is 44.6 Å². The van der Waals surface area contributed by atoms with Gasteiger partial charge in [-0.15, -0.1) is 0 Å². The number of anilines is 1. The maximum absolute atomic E-state index is 12.2. The van der Waals surface area contributed by atoms with Crippen molar-refractivity contribution in [1.82, 2.24) is 9.97 Å². The predicted octanol–water partition coefficient (Wildman–Crippen LogP) is 1.95. The fraction of sp³-hybridized carbons (Fsp3) is 0.167. The molecule has 112 valence electrons. The topological polar surface area (TPSA) is 90.4 Å². The summed E-state index contributed by atoms with van der Waals surface area (Å²) in [5.74, 6) is 0.534. The molecule has 0 atom stereocenters. The molecule has 1 heterocycles. The summed E-state index contributed by atoms with van der Waals surface area (Å²) in [6.07, 6.45) is 0. The lowest BCUT2D eigenvalue weighted by Crippen LogP contribution is -2.15. The highest BCUT2D eigenvalue weighted by molar-refractivity contribution is 7.92. The Morgan fingerprint density at radius 1 is 1.10 bits per heavy atom. The highest BCUT2D eigenvalue weighted by Gasteiger charge is 2.16. The van der Waals surface area contributed by atoms with E-state index in [9.17, 15) is 8.42 Å². The van der Waals surface area contributed by atoms with Gasteiger partial charge in [-0.3, -0.25) is 0 Å². The number of nitrogens with one attached hydrogen (secondary N) is 1. The van der Waals surface area contributed by atoms with Gasteiger partial charge in [-0.05, 0) is 24.3 Å². The number of aromatic nitrogens is 2. The minimum atomic E-state index is -3.82. The Balaban J connectivity index is 2.30. The molecule has 9 heteroatoms. The van der Waals surface area contributed by atoms with Crippen molar-refractivity contribution >= 4 is 27.6 Å². The Hall–Kier alpha value is -2.06. The van der Waals surface area contributed by atoms with Crippen molar-refractivity contribution in [2.45, 2.75) is 4.90 Å². The van der Waals surface area contributed by atoms with Crippen LogP contribution in [0.3, 0.4) is 0 Å². The van der Waals surface area contributed by atoms with Crippen LogP contribution < -0.4 is 14.2 Å². The summed E-state index contributed by atoms with van der Waals surface area (Å²) in [6, 6.07) is 7.25. The molecule has 0 amide bonds. The van der Waals surface area contributed by atoms with Crippen LogP contribution >= 0.6 is 11.6 Å². The first-order valence-corrected chi connectivity index (χ1v) is 7.56. The van der Waals surface area contributed by atoms with Gasteiger partial charge < -0.3 is 9.47 Å². The summed E-state index contributed by atoms with van der Waals surface area (Å²) in [4.78, 5) is 7.70. The number of hydrogen-bond acceptors (Lipinski definition) is 6. The van der Waals surface area contributed by atoms with Gasteiger partial charge in [0.15, 0.2) is 0 Å². The monoisotopic (exact) mass is 329 g/mol. The van der Waals surface area contributed by atoms with Gasteiger partial charge in [0.1, 0.15) is 10.9 Å². The summed E-state index contributed by atoms with van der Waals surface area (Å²) in [7, 11) is -0.942. The van der Waals surface area contributed by atoms with E-state index in [-0.39, 0.29) is 21.9 Å². The molecule has 1 aromatic heterocycles. The maximum atomic E-state index is 12.2. The Kier molecular flexibility index (Phi) is 4.49. The fourth-order valence-corrected chi connectivity index (χ4v) is 2.60. The largest absolute Gasteiger partial charge is 0.497 e. The Bertz CT molecular complexity index is 735. The van der Waals surface area contributed by atoms with Crippen LogP contribution in [0.1, 0.15) is 0 Å². The standard InChI is InChI=1S/C12H12ClN3O4S/c1-19-8-3-5-9(6-4-8)21(17,18)16-12-14-10(13)7-11(15-12)20-2/h3-7H,1-2H3,(H,14,15,16). The number of methoxy groups -OCH3 is 2. The highest BCUT2D eigenvalue weighted by Crippen LogP contribution is 2.20. The zero-order valence-electron chi connectivity index (χ0n) is 11.2. The van der Waals surface area contributed by atoms with E-state index in [4.69, 9.17) is 21.1 Å². The molecule has 0 radical (unpaired) electrons. The van der Waals surface area contributed by atoms with Crippen LogP contribution in [0.15, 0.2) is 35.2 Å². The van der Waals surface area contributed by atoms with E-state index in [2.05, 4.69) is 14.7 Å². The first-order valence-electron chi connectivity index (χ1n) is 5.70. The second-order valence-corrected chi connectivity index (χ2v) is 5.91. The van der Waals surface area contributed by atoms with Crippen LogP contribution in [-0.4, -0.2) is 32.6 Å². The molecule has 0 aliphatic heterocycles. The molecule has 0 aliphatic rings. The minimum Gasteiger partial charge on any atom is -0.497 e. The molecule has 21 heavy (non-hydrogen) atoms. The smallest absolute Gasteiger partial charge is 0.264 e. The molecule has 0 bridgehead atoms. The second kappa shape index (κ2) is 6.15. The molecule has 1 N–H and O–H groups in total.